The van der Waals surface area contributed by atoms with Gasteiger partial charge < -0.3 is 0 Å². The molecule has 0 aliphatic heterocycles. The summed E-state index contributed by atoms with van der Waals surface area (Å²) in [4.78, 5) is 13.2. The largest absolute Gasteiger partial charge is 0.239 e. The molecule has 0 amide bonds. The predicted molar refractivity (Wildman–Crippen MR) is 43.8 cm³/mol. The number of isocyanates is 1. The minimum absolute atomic E-state index is 0.840. The monoisotopic (exact) mass is 151 g/mol. The average molecular weight is 151 g/mol. The van der Waals surface area contributed by atoms with E-state index in [1.54, 1.807) is 6.20 Å². The van der Waals surface area contributed by atoms with Gasteiger partial charge in [-0.2, -0.15) is 4.99 Å². The highest BCUT2D eigenvalue weighted by molar-refractivity contribution is 5.35. The van der Waals surface area contributed by atoms with Crippen molar-refractivity contribution in [3.63, 3.8) is 0 Å². The lowest BCUT2D eigenvalue weighted by Gasteiger charge is -2.18. The molecule has 0 heterocycles. The Morgan fingerprint density at radius 3 is 2.73 bits per heavy atom. The summed E-state index contributed by atoms with van der Waals surface area (Å²) < 4.78 is 0. The van der Waals surface area contributed by atoms with E-state index >= 15 is 0 Å². The van der Waals surface area contributed by atoms with Crippen LogP contribution < -0.4 is 0 Å². The van der Waals surface area contributed by atoms with Gasteiger partial charge in [0, 0.05) is 6.20 Å². The molecule has 1 rings (SSSR count). The first kappa shape index (κ1) is 8.22. The quantitative estimate of drug-likeness (QED) is 0.418. The third kappa shape index (κ3) is 2.69. The van der Waals surface area contributed by atoms with Gasteiger partial charge in [-0.25, -0.2) is 4.79 Å². The zero-order valence-electron chi connectivity index (χ0n) is 6.84. The van der Waals surface area contributed by atoms with Gasteiger partial charge in [-0.05, 0) is 31.6 Å². The molecule has 1 fully saturated rings. The van der Waals surface area contributed by atoms with Crippen LogP contribution in [0.2, 0.25) is 0 Å². The van der Waals surface area contributed by atoms with Gasteiger partial charge in [0.05, 0.1) is 0 Å². The Hall–Kier alpha value is -0.880. The van der Waals surface area contributed by atoms with Crippen molar-refractivity contribution in [2.45, 2.75) is 32.6 Å². The normalized spacial score (nSPS) is 24.1. The second kappa shape index (κ2) is 4.09. The summed E-state index contributed by atoms with van der Waals surface area (Å²) in [6, 6.07) is 0. The molecule has 0 aromatic carbocycles. The average Bonchev–Trinajstić information content (AvgIpc) is 2.04. The van der Waals surface area contributed by atoms with Crippen LogP contribution in [0, 0.1) is 5.92 Å². The molecule has 0 bridgehead atoms. The van der Waals surface area contributed by atoms with Gasteiger partial charge in [-0.1, -0.05) is 12.5 Å². The summed E-state index contributed by atoms with van der Waals surface area (Å²) in [5.74, 6) is 0.840. The van der Waals surface area contributed by atoms with Crippen LogP contribution >= 0.6 is 0 Å². The minimum Gasteiger partial charge on any atom is -0.211 e. The number of hydrogen-bond donors (Lipinski definition) is 0. The standard InChI is InChI=1S/C9H13NO/c1-8-2-4-9(5-3-8)6-10-7-11/h6,8H,2-5H2,1H3. The Labute approximate surface area is 67.0 Å². The van der Waals surface area contributed by atoms with Crippen molar-refractivity contribution in [2.24, 2.45) is 10.9 Å². The zero-order chi connectivity index (χ0) is 8.10. The first-order valence-corrected chi connectivity index (χ1v) is 4.08. The number of hydrogen-bond acceptors (Lipinski definition) is 2. The van der Waals surface area contributed by atoms with Crippen molar-refractivity contribution >= 4 is 6.08 Å². The lowest BCUT2D eigenvalue weighted by molar-refractivity contribution is 0.443. The first-order chi connectivity index (χ1) is 5.33. The van der Waals surface area contributed by atoms with Crippen molar-refractivity contribution in [3.05, 3.63) is 11.8 Å². The summed E-state index contributed by atoms with van der Waals surface area (Å²) in [6.07, 6.45) is 7.87. The Bertz CT molecular complexity index is 192. The van der Waals surface area contributed by atoms with E-state index in [1.165, 1.54) is 24.5 Å². The molecule has 2 nitrogen and oxygen atoms in total. The molecule has 1 aliphatic rings. The summed E-state index contributed by atoms with van der Waals surface area (Å²) in [7, 11) is 0. The summed E-state index contributed by atoms with van der Waals surface area (Å²) in [5.41, 5.74) is 1.30. The van der Waals surface area contributed by atoms with Gasteiger partial charge in [0.1, 0.15) is 0 Å². The number of rotatable bonds is 1. The van der Waals surface area contributed by atoms with Gasteiger partial charge >= 0.3 is 0 Å². The van der Waals surface area contributed by atoms with E-state index in [2.05, 4.69) is 11.9 Å². The van der Waals surface area contributed by atoms with Crippen LogP contribution in [0.4, 0.5) is 0 Å². The molecule has 0 atom stereocenters. The Kier molecular flexibility index (Phi) is 3.06. The van der Waals surface area contributed by atoms with Gasteiger partial charge in [0.2, 0.25) is 6.08 Å². The van der Waals surface area contributed by atoms with Crippen molar-refractivity contribution < 1.29 is 4.79 Å². The fourth-order valence-corrected chi connectivity index (χ4v) is 1.38. The topological polar surface area (TPSA) is 29.4 Å². The summed E-state index contributed by atoms with van der Waals surface area (Å²) >= 11 is 0. The van der Waals surface area contributed by atoms with E-state index in [4.69, 9.17) is 0 Å². The molecule has 0 spiro atoms. The van der Waals surface area contributed by atoms with Gasteiger partial charge in [-0.15, -0.1) is 0 Å². The molecule has 0 N–H and O–H groups in total. The maximum Gasteiger partial charge on any atom is 0.239 e. The van der Waals surface area contributed by atoms with Crippen LogP contribution in [-0.2, 0) is 4.79 Å². The Morgan fingerprint density at radius 2 is 2.18 bits per heavy atom. The molecule has 60 valence electrons. The molecule has 0 aromatic heterocycles. The van der Waals surface area contributed by atoms with Gasteiger partial charge in [0.15, 0.2) is 0 Å². The van der Waals surface area contributed by atoms with E-state index in [0.717, 1.165) is 18.8 Å². The lowest BCUT2D eigenvalue weighted by Crippen LogP contribution is -2.03. The van der Waals surface area contributed by atoms with E-state index < -0.39 is 0 Å². The highest BCUT2D eigenvalue weighted by Crippen LogP contribution is 2.27. The Balaban J connectivity index is 2.44. The maximum absolute atomic E-state index is 9.78. The number of allylic oxidation sites excluding steroid dienone is 1. The highest BCUT2D eigenvalue weighted by Gasteiger charge is 2.11. The number of nitrogens with zero attached hydrogens (tertiary/aromatic N) is 1. The van der Waals surface area contributed by atoms with Crippen LogP contribution in [0.25, 0.3) is 0 Å². The molecule has 0 saturated heterocycles. The molecule has 1 aliphatic carbocycles. The summed E-state index contributed by atoms with van der Waals surface area (Å²) in [5, 5.41) is 0. The van der Waals surface area contributed by atoms with Crippen molar-refractivity contribution in [1.82, 2.24) is 0 Å². The molecule has 0 unspecified atom stereocenters. The van der Waals surface area contributed by atoms with E-state index in [1.807, 2.05) is 0 Å². The zero-order valence-corrected chi connectivity index (χ0v) is 6.84. The highest BCUT2D eigenvalue weighted by atomic mass is 16.1. The molecule has 0 radical (unpaired) electrons. The second-order valence-electron chi connectivity index (χ2n) is 3.19. The van der Waals surface area contributed by atoms with Crippen LogP contribution in [0.3, 0.4) is 0 Å². The molecule has 1 saturated carbocycles. The molecule has 2 heteroatoms. The molecular formula is C9H13NO. The fraction of sp³-hybridized carbons (Fsp3) is 0.667. The molecular weight excluding hydrogens is 138 g/mol. The maximum atomic E-state index is 9.78. The van der Waals surface area contributed by atoms with E-state index in [-0.39, 0.29) is 0 Å². The SMILES string of the molecule is CC1CCC(=CN=C=O)CC1. The Morgan fingerprint density at radius 1 is 1.55 bits per heavy atom. The van der Waals surface area contributed by atoms with E-state index in [9.17, 15) is 4.79 Å². The molecule has 11 heavy (non-hydrogen) atoms. The molecule has 0 aromatic rings. The van der Waals surface area contributed by atoms with Crippen LogP contribution in [0.5, 0.6) is 0 Å². The number of aliphatic imine (C=N–C) groups is 1. The van der Waals surface area contributed by atoms with Crippen LogP contribution in [0.1, 0.15) is 32.6 Å². The van der Waals surface area contributed by atoms with E-state index in [0.29, 0.717) is 0 Å². The van der Waals surface area contributed by atoms with Gasteiger partial charge in [0.25, 0.3) is 0 Å². The van der Waals surface area contributed by atoms with Crippen molar-refractivity contribution in [1.29, 1.82) is 0 Å². The summed E-state index contributed by atoms with van der Waals surface area (Å²) in [6.45, 7) is 2.26. The van der Waals surface area contributed by atoms with Gasteiger partial charge in [-0.3, -0.25) is 0 Å². The van der Waals surface area contributed by atoms with Crippen molar-refractivity contribution in [2.75, 3.05) is 0 Å². The second-order valence-corrected chi connectivity index (χ2v) is 3.19. The first-order valence-electron chi connectivity index (χ1n) is 4.08. The minimum atomic E-state index is 0.840. The predicted octanol–water partition coefficient (Wildman–Crippen LogP) is 2.42. The van der Waals surface area contributed by atoms with Crippen LogP contribution in [0.15, 0.2) is 16.8 Å². The number of carbonyl (C=O) groups excluding carboxylic acids is 1. The third-order valence-electron chi connectivity index (χ3n) is 2.22. The smallest absolute Gasteiger partial charge is 0.211 e. The van der Waals surface area contributed by atoms with Crippen LogP contribution in [-0.4, -0.2) is 6.08 Å². The fourth-order valence-electron chi connectivity index (χ4n) is 1.38. The third-order valence-corrected chi connectivity index (χ3v) is 2.22. The lowest BCUT2D eigenvalue weighted by atomic mass is 9.88. The van der Waals surface area contributed by atoms with Crippen molar-refractivity contribution in [3.8, 4) is 0 Å².